The number of carbonyl (C=O) groups is 1. The molecule has 4 nitrogen and oxygen atoms in total. The van der Waals surface area contributed by atoms with Crippen LogP contribution in [0.3, 0.4) is 0 Å². The van der Waals surface area contributed by atoms with E-state index in [0.717, 1.165) is 50.0 Å². The third-order valence-corrected chi connectivity index (χ3v) is 4.70. The van der Waals surface area contributed by atoms with Gasteiger partial charge < -0.3 is 5.32 Å². The molecule has 0 bridgehead atoms. The number of nitrogens with one attached hydrogen (secondary N) is 1. The Kier molecular flexibility index (Phi) is 9.05. The molecule has 1 unspecified atom stereocenters. The second kappa shape index (κ2) is 10.5. The van der Waals surface area contributed by atoms with Crippen LogP contribution in [0.15, 0.2) is 17.6 Å². The fraction of sp³-hybridized carbons (Fsp3) is 0.778. The van der Waals surface area contributed by atoms with Crippen LogP contribution in [0.1, 0.15) is 58.8 Å². The van der Waals surface area contributed by atoms with Crippen molar-refractivity contribution in [2.75, 3.05) is 32.7 Å². The van der Waals surface area contributed by atoms with Gasteiger partial charge in [-0.2, -0.15) is 0 Å². The minimum absolute atomic E-state index is 0.0615. The number of hydrogen-bond donors (Lipinski definition) is 1. The summed E-state index contributed by atoms with van der Waals surface area (Å²) in [5.41, 5.74) is 0. The highest BCUT2D eigenvalue weighted by Crippen LogP contribution is 2.19. The fourth-order valence-corrected chi connectivity index (χ4v) is 3.25. The number of nitrogens with zero attached hydrogens (tertiary/aromatic N) is 2. The van der Waals surface area contributed by atoms with E-state index in [1.807, 2.05) is 6.08 Å². The first-order valence-corrected chi connectivity index (χ1v) is 8.90. The van der Waals surface area contributed by atoms with Gasteiger partial charge in [-0.1, -0.05) is 25.3 Å². The smallest absolute Gasteiger partial charge is 0.217 e. The first-order chi connectivity index (χ1) is 10.6. The monoisotopic (exact) mass is 308 g/mol. The highest BCUT2D eigenvalue weighted by molar-refractivity contribution is 5.77. The number of likely N-dealkylation sites (N-methyl/N-ethyl adjacent to an activating group) is 1. The molecule has 4 heteroatoms. The summed E-state index contributed by atoms with van der Waals surface area (Å²) in [6.45, 7) is 12.5. The normalized spacial score (nSPS) is 20.7. The first-order valence-electron chi connectivity index (χ1n) is 8.90. The number of amides is 1. The zero-order valence-electron chi connectivity index (χ0n) is 14.6. The molecule has 0 aromatic heterocycles. The summed E-state index contributed by atoms with van der Waals surface area (Å²) in [4.78, 5) is 15.8. The summed E-state index contributed by atoms with van der Waals surface area (Å²) in [6.07, 6.45) is 10.7. The molecule has 1 N–H and O–H groups in total. The Bertz CT molecular complexity index is 379. The molecular formula is C18H34N3O+. The largest absolute Gasteiger partial charge is 0.351 e. The van der Waals surface area contributed by atoms with E-state index in [9.17, 15) is 4.79 Å². The van der Waals surface area contributed by atoms with E-state index >= 15 is 0 Å². The average Bonchev–Trinajstić information content (AvgIpc) is 2.89. The fourth-order valence-electron chi connectivity index (χ4n) is 3.25. The van der Waals surface area contributed by atoms with Gasteiger partial charge in [-0.15, -0.1) is 6.58 Å². The molecule has 126 valence electrons. The molecule has 0 radical (unpaired) electrons. The maximum atomic E-state index is 11.1. The third-order valence-electron chi connectivity index (χ3n) is 4.70. The van der Waals surface area contributed by atoms with Crippen molar-refractivity contribution in [3.63, 3.8) is 0 Å². The number of rotatable bonds is 12. The molecule has 1 amide bonds. The second-order valence-corrected chi connectivity index (χ2v) is 6.28. The van der Waals surface area contributed by atoms with Gasteiger partial charge in [0.05, 0.1) is 19.6 Å². The molecule has 0 saturated carbocycles. The lowest BCUT2D eigenvalue weighted by atomic mass is 10.1. The van der Waals surface area contributed by atoms with E-state index in [1.165, 1.54) is 37.9 Å². The van der Waals surface area contributed by atoms with Gasteiger partial charge in [-0.05, 0) is 26.2 Å². The van der Waals surface area contributed by atoms with Crippen molar-refractivity contribution in [3.8, 4) is 0 Å². The molecule has 0 fully saturated rings. The summed E-state index contributed by atoms with van der Waals surface area (Å²) < 4.78 is 0.983. The molecule has 0 aliphatic carbocycles. The van der Waals surface area contributed by atoms with E-state index in [1.54, 1.807) is 6.92 Å². The minimum Gasteiger partial charge on any atom is -0.351 e. The number of unbranched alkanes of at least 4 members (excludes halogenated alkanes) is 5. The molecule has 1 rings (SSSR count). The van der Waals surface area contributed by atoms with Crippen molar-refractivity contribution >= 4 is 11.7 Å². The summed E-state index contributed by atoms with van der Waals surface area (Å²) >= 11 is 0. The Labute approximate surface area is 136 Å². The minimum atomic E-state index is 0.0615. The molecule has 0 aromatic carbocycles. The van der Waals surface area contributed by atoms with Gasteiger partial charge in [0.2, 0.25) is 5.91 Å². The zero-order valence-corrected chi connectivity index (χ0v) is 14.6. The quantitative estimate of drug-likeness (QED) is 0.335. The average molecular weight is 308 g/mol. The SMILES string of the molecule is C=CCCCCCCCC1=NCC[N+]1(CC)CCNC(C)=O. The van der Waals surface area contributed by atoms with Crippen LogP contribution < -0.4 is 5.32 Å². The third kappa shape index (κ3) is 6.30. The predicted octanol–water partition coefficient (Wildman–Crippen LogP) is 3.29. The van der Waals surface area contributed by atoms with E-state index in [4.69, 9.17) is 4.99 Å². The number of amidine groups is 1. The van der Waals surface area contributed by atoms with Crippen LogP contribution >= 0.6 is 0 Å². The molecule has 22 heavy (non-hydrogen) atoms. The summed E-state index contributed by atoms with van der Waals surface area (Å²) in [5, 5.41) is 2.93. The van der Waals surface area contributed by atoms with Crippen LogP contribution in [-0.4, -0.2) is 48.9 Å². The van der Waals surface area contributed by atoms with E-state index in [-0.39, 0.29) is 5.91 Å². The molecule has 1 aliphatic heterocycles. The number of carbonyl (C=O) groups excluding carboxylic acids is 1. The van der Waals surface area contributed by atoms with Crippen molar-refractivity contribution in [2.45, 2.75) is 58.8 Å². The van der Waals surface area contributed by atoms with Crippen LogP contribution in [0.4, 0.5) is 0 Å². The van der Waals surface area contributed by atoms with Crippen molar-refractivity contribution in [1.29, 1.82) is 0 Å². The van der Waals surface area contributed by atoms with Crippen molar-refractivity contribution in [2.24, 2.45) is 4.99 Å². The second-order valence-electron chi connectivity index (χ2n) is 6.28. The van der Waals surface area contributed by atoms with Crippen LogP contribution in [0.5, 0.6) is 0 Å². The van der Waals surface area contributed by atoms with Gasteiger partial charge in [-0.25, -0.2) is 4.99 Å². The molecule has 0 saturated heterocycles. The summed E-state index contributed by atoms with van der Waals surface area (Å²) in [6, 6.07) is 0. The number of allylic oxidation sites excluding steroid dienone is 1. The highest BCUT2D eigenvalue weighted by atomic mass is 16.1. The Hall–Kier alpha value is -1.16. The van der Waals surface area contributed by atoms with Crippen molar-refractivity contribution in [3.05, 3.63) is 12.7 Å². The maximum Gasteiger partial charge on any atom is 0.217 e. The van der Waals surface area contributed by atoms with Gasteiger partial charge in [0.25, 0.3) is 0 Å². The topological polar surface area (TPSA) is 41.5 Å². The standard InChI is InChI=1S/C18H33N3O/c1-4-6-7-8-9-10-11-12-18-20-14-16-21(18,5-2)15-13-19-17(3)22/h4H,1,5-16H2,2-3H3/p+1. The Morgan fingerprint density at radius 3 is 2.73 bits per heavy atom. The molecule has 1 aliphatic rings. The molecule has 1 atom stereocenters. The van der Waals surface area contributed by atoms with Gasteiger partial charge >= 0.3 is 0 Å². The van der Waals surface area contributed by atoms with Crippen molar-refractivity contribution < 1.29 is 9.28 Å². The van der Waals surface area contributed by atoms with Crippen LogP contribution in [0.25, 0.3) is 0 Å². The van der Waals surface area contributed by atoms with Gasteiger partial charge in [0.15, 0.2) is 5.84 Å². The van der Waals surface area contributed by atoms with Gasteiger partial charge in [-0.3, -0.25) is 9.28 Å². The number of quaternary nitrogens is 1. The maximum absolute atomic E-state index is 11.1. The van der Waals surface area contributed by atoms with E-state index in [0.29, 0.717) is 0 Å². The van der Waals surface area contributed by atoms with Crippen LogP contribution in [0, 0.1) is 0 Å². The number of hydrogen-bond acceptors (Lipinski definition) is 2. The molecule has 0 aromatic rings. The summed E-state index contributed by atoms with van der Waals surface area (Å²) in [5.74, 6) is 1.42. The van der Waals surface area contributed by atoms with E-state index in [2.05, 4.69) is 18.8 Å². The molecule has 0 spiro atoms. The highest BCUT2D eigenvalue weighted by Gasteiger charge is 2.35. The Morgan fingerprint density at radius 2 is 2.05 bits per heavy atom. The molecule has 1 heterocycles. The lowest BCUT2D eigenvalue weighted by Crippen LogP contribution is -2.54. The van der Waals surface area contributed by atoms with Crippen LogP contribution in [0.2, 0.25) is 0 Å². The Balaban J connectivity index is 2.30. The lowest BCUT2D eigenvalue weighted by Gasteiger charge is -2.33. The Morgan fingerprint density at radius 1 is 1.32 bits per heavy atom. The van der Waals surface area contributed by atoms with E-state index < -0.39 is 0 Å². The first kappa shape index (κ1) is 18.9. The van der Waals surface area contributed by atoms with Gasteiger partial charge in [0.1, 0.15) is 13.1 Å². The van der Waals surface area contributed by atoms with Crippen molar-refractivity contribution in [1.82, 2.24) is 5.32 Å². The van der Waals surface area contributed by atoms with Crippen LogP contribution in [-0.2, 0) is 4.79 Å². The zero-order chi connectivity index (χ0) is 16.3. The molecular weight excluding hydrogens is 274 g/mol. The lowest BCUT2D eigenvalue weighted by molar-refractivity contribution is -0.833. The predicted molar refractivity (Wildman–Crippen MR) is 94.0 cm³/mol. The summed E-state index contributed by atoms with van der Waals surface area (Å²) in [7, 11) is 0. The number of aliphatic imine (C=N–C) groups is 1. The van der Waals surface area contributed by atoms with Gasteiger partial charge in [0, 0.05) is 13.3 Å².